The lowest BCUT2D eigenvalue weighted by molar-refractivity contribution is -0.858. The molecule has 27 heavy (non-hydrogen) atoms. The predicted molar refractivity (Wildman–Crippen MR) is 111 cm³/mol. The Morgan fingerprint density at radius 2 is 1.96 bits per heavy atom. The summed E-state index contributed by atoms with van der Waals surface area (Å²) in [5.41, 5.74) is 0.642. The van der Waals surface area contributed by atoms with Gasteiger partial charge in [0.15, 0.2) is 5.16 Å². The molecule has 1 heterocycles. The lowest BCUT2D eigenvalue weighted by atomic mass is 10.1. The van der Waals surface area contributed by atoms with E-state index >= 15 is 0 Å². The summed E-state index contributed by atoms with van der Waals surface area (Å²) >= 11 is 1.33. The molecule has 0 aliphatic carbocycles. The van der Waals surface area contributed by atoms with Crippen molar-refractivity contribution in [1.82, 2.24) is 14.9 Å². The smallest absolute Gasteiger partial charge is 0.262 e. The first kappa shape index (κ1) is 21.4. The lowest BCUT2D eigenvalue weighted by Crippen LogP contribution is -3.05. The fourth-order valence-corrected chi connectivity index (χ4v) is 3.47. The normalized spacial score (nSPS) is 12.7. The SMILES string of the molecule is CC(C)[C@@H](C)NC(=O)CSc1nc2ccccc2c(=O)n1CCC[NH+](C)C. The number of quaternary nitrogens is 1. The molecule has 7 heteroatoms. The van der Waals surface area contributed by atoms with Gasteiger partial charge >= 0.3 is 0 Å². The fourth-order valence-electron chi connectivity index (χ4n) is 2.64. The largest absolute Gasteiger partial charge is 0.353 e. The van der Waals surface area contributed by atoms with Crippen LogP contribution in [0.3, 0.4) is 0 Å². The third kappa shape index (κ3) is 6.07. The Bertz CT molecular complexity index is 832. The molecule has 0 saturated heterocycles. The van der Waals surface area contributed by atoms with E-state index in [9.17, 15) is 9.59 Å². The minimum absolute atomic E-state index is 0.0344. The van der Waals surface area contributed by atoms with E-state index in [2.05, 4.69) is 38.2 Å². The summed E-state index contributed by atoms with van der Waals surface area (Å²) in [6, 6.07) is 7.50. The van der Waals surface area contributed by atoms with Gasteiger partial charge in [-0.1, -0.05) is 37.7 Å². The molecule has 0 spiro atoms. The summed E-state index contributed by atoms with van der Waals surface area (Å²) in [4.78, 5) is 31.2. The Kier molecular flexibility index (Phi) is 7.86. The van der Waals surface area contributed by atoms with Crippen molar-refractivity contribution < 1.29 is 9.69 Å². The van der Waals surface area contributed by atoms with Crippen molar-refractivity contribution in [3.8, 4) is 0 Å². The van der Waals surface area contributed by atoms with Gasteiger partial charge in [-0.15, -0.1) is 0 Å². The number of thioether (sulfide) groups is 1. The minimum Gasteiger partial charge on any atom is -0.353 e. The highest BCUT2D eigenvalue weighted by atomic mass is 32.2. The van der Waals surface area contributed by atoms with Crippen molar-refractivity contribution in [1.29, 1.82) is 0 Å². The number of rotatable bonds is 9. The van der Waals surface area contributed by atoms with Crippen molar-refractivity contribution in [3.05, 3.63) is 34.6 Å². The number of carbonyl (C=O) groups excluding carboxylic acids is 1. The van der Waals surface area contributed by atoms with E-state index in [0.717, 1.165) is 13.0 Å². The van der Waals surface area contributed by atoms with Gasteiger partial charge in [-0.2, -0.15) is 0 Å². The number of hydrogen-bond donors (Lipinski definition) is 2. The summed E-state index contributed by atoms with van der Waals surface area (Å²) in [5, 5.41) is 4.23. The van der Waals surface area contributed by atoms with Crippen molar-refractivity contribution >= 4 is 28.6 Å². The molecule has 2 N–H and O–H groups in total. The number of benzene rings is 1. The molecule has 2 aromatic rings. The van der Waals surface area contributed by atoms with Gasteiger partial charge in [0.1, 0.15) is 0 Å². The summed E-state index contributed by atoms with van der Waals surface area (Å²) in [7, 11) is 4.19. The zero-order valence-electron chi connectivity index (χ0n) is 16.9. The van der Waals surface area contributed by atoms with Crippen molar-refractivity contribution in [2.45, 2.75) is 44.9 Å². The van der Waals surface area contributed by atoms with Crippen LogP contribution in [0.15, 0.2) is 34.2 Å². The molecule has 1 atom stereocenters. The average Bonchev–Trinajstić information content (AvgIpc) is 2.61. The third-order valence-electron chi connectivity index (χ3n) is 4.61. The second-order valence-corrected chi connectivity index (χ2v) is 8.51. The topological polar surface area (TPSA) is 68.4 Å². The first-order valence-corrected chi connectivity index (χ1v) is 10.5. The van der Waals surface area contributed by atoms with E-state index in [0.29, 0.717) is 28.5 Å². The average molecular weight is 392 g/mol. The van der Waals surface area contributed by atoms with Gasteiger partial charge in [0, 0.05) is 19.0 Å². The van der Waals surface area contributed by atoms with Crippen LogP contribution in [0, 0.1) is 5.92 Å². The van der Waals surface area contributed by atoms with Crippen LogP contribution in [0.1, 0.15) is 27.2 Å². The monoisotopic (exact) mass is 391 g/mol. The lowest BCUT2D eigenvalue weighted by Gasteiger charge is -2.18. The van der Waals surface area contributed by atoms with Gasteiger partial charge in [0.05, 0.1) is 37.3 Å². The van der Waals surface area contributed by atoms with Gasteiger partial charge in [-0.3, -0.25) is 14.2 Å². The summed E-state index contributed by atoms with van der Waals surface area (Å²) < 4.78 is 1.72. The molecule has 148 valence electrons. The fraction of sp³-hybridized carbons (Fsp3) is 0.550. The molecule has 0 bridgehead atoms. The van der Waals surface area contributed by atoms with E-state index in [1.807, 2.05) is 31.2 Å². The van der Waals surface area contributed by atoms with Crippen molar-refractivity contribution in [2.24, 2.45) is 5.92 Å². The number of amides is 1. The van der Waals surface area contributed by atoms with E-state index in [1.54, 1.807) is 4.57 Å². The molecule has 2 rings (SSSR count). The maximum absolute atomic E-state index is 12.9. The van der Waals surface area contributed by atoms with Gasteiger partial charge in [0.2, 0.25) is 5.91 Å². The minimum atomic E-state index is -0.0344. The van der Waals surface area contributed by atoms with Gasteiger partial charge in [0.25, 0.3) is 5.56 Å². The quantitative estimate of drug-likeness (QED) is 0.498. The number of carbonyl (C=O) groups is 1. The van der Waals surface area contributed by atoms with Gasteiger partial charge < -0.3 is 10.2 Å². The Balaban J connectivity index is 2.22. The van der Waals surface area contributed by atoms with Crippen LogP contribution in [0.4, 0.5) is 0 Å². The highest BCUT2D eigenvalue weighted by molar-refractivity contribution is 7.99. The zero-order valence-corrected chi connectivity index (χ0v) is 17.7. The maximum Gasteiger partial charge on any atom is 0.262 e. The van der Waals surface area contributed by atoms with Crippen LogP contribution in [0.2, 0.25) is 0 Å². The van der Waals surface area contributed by atoms with Crippen LogP contribution < -0.4 is 15.8 Å². The number of aromatic nitrogens is 2. The highest BCUT2D eigenvalue weighted by Crippen LogP contribution is 2.18. The van der Waals surface area contributed by atoms with E-state index in [1.165, 1.54) is 16.7 Å². The first-order chi connectivity index (χ1) is 12.8. The zero-order chi connectivity index (χ0) is 20.0. The molecule has 0 unspecified atom stereocenters. The van der Waals surface area contributed by atoms with Crippen molar-refractivity contribution in [2.75, 3.05) is 26.4 Å². The Morgan fingerprint density at radius 1 is 1.26 bits per heavy atom. The molecule has 6 nitrogen and oxygen atoms in total. The number of hydrogen-bond acceptors (Lipinski definition) is 4. The standard InChI is InChI=1S/C20H30N4O2S/c1-14(2)15(3)21-18(25)13-27-20-22-17-10-7-6-9-16(17)19(26)24(20)12-8-11-23(4)5/h6-7,9-10,14-15H,8,11-13H2,1-5H3,(H,21,25)/p+1/t15-/m1/s1. The van der Waals surface area contributed by atoms with Crippen LogP contribution in [0.5, 0.6) is 0 Å². The maximum atomic E-state index is 12.9. The Hall–Kier alpha value is -1.86. The van der Waals surface area contributed by atoms with Gasteiger partial charge in [-0.25, -0.2) is 4.98 Å². The number of nitrogens with one attached hydrogen (secondary N) is 2. The van der Waals surface area contributed by atoms with Crippen LogP contribution in [0.25, 0.3) is 10.9 Å². The summed E-state index contributed by atoms with van der Waals surface area (Å²) in [5.74, 6) is 0.596. The molecule has 0 radical (unpaired) electrons. The number of fused-ring (bicyclic) bond motifs is 1. The number of nitrogens with zero attached hydrogens (tertiary/aromatic N) is 2. The van der Waals surface area contributed by atoms with Crippen molar-refractivity contribution in [3.63, 3.8) is 0 Å². The van der Waals surface area contributed by atoms with E-state index in [-0.39, 0.29) is 23.3 Å². The molecule has 1 aromatic heterocycles. The van der Waals surface area contributed by atoms with Crippen LogP contribution in [-0.4, -0.2) is 47.9 Å². The van der Waals surface area contributed by atoms with E-state index in [4.69, 9.17) is 0 Å². The highest BCUT2D eigenvalue weighted by Gasteiger charge is 2.15. The van der Waals surface area contributed by atoms with Gasteiger partial charge in [-0.05, 0) is 25.0 Å². The molecule has 0 fully saturated rings. The predicted octanol–water partition coefficient (Wildman–Crippen LogP) is 1.18. The second-order valence-electron chi connectivity index (χ2n) is 7.57. The molecule has 1 aromatic carbocycles. The molecule has 1 amide bonds. The molecular weight excluding hydrogens is 360 g/mol. The number of para-hydroxylation sites is 1. The molecule has 0 aliphatic heterocycles. The van der Waals surface area contributed by atoms with E-state index < -0.39 is 0 Å². The van der Waals surface area contributed by atoms with Crippen LogP contribution >= 0.6 is 11.8 Å². The second kappa shape index (κ2) is 9.90. The summed E-state index contributed by atoms with van der Waals surface area (Å²) in [6.45, 7) is 7.73. The summed E-state index contributed by atoms with van der Waals surface area (Å²) in [6.07, 6.45) is 0.881. The Labute approximate surface area is 165 Å². The first-order valence-electron chi connectivity index (χ1n) is 9.50. The molecular formula is C20H31N4O2S+. The third-order valence-corrected chi connectivity index (χ3v) is 5.58. The molecule has 0 aliphatic rings. The Morgan fingerprint density at radius 3 is 2.63 bits per heavy atom. The molecule has 0 saturated carbocycles. The van der Waals surface area contributed by atoms with Crippen LogP contribution in [-0.2, 0) is 11.3 Å².